The van der Waals surface area contributed by atoms with Gasteiger partial charge in [-0.15, -0.1) is 11.6 Å². The van der Waals surface area contributed by atoms with Crippen LogP contribution in [-0.4, -0.2) is 98.4 Å². The number of allylic oxidation sites excluding steroid dienone is 1. The van der Waals surface area contributed by atoms with Gasteiger partial charge in [-0.25, -0.2) is 18.1 Å². The first kappa shape index (κ1) is 40.3. The van der Waals surface area contributed by atoms with Gasteiger partial charge in [0.25, 0.3) is 15.9 Å². The number of fused-ring (bicyclic) bond motifs is 1. The van der Waals surface area contributed by atoms with Gasteiger partial charge in [0.1, 0.15) is 22.9 Å². The molecule has 4 heterocycles. The number of amides is 1. The molecule has 2 aromatic heterocycles. The number of anilines is 1. The van der Waals surface area contributed by atoms with E-state index in [1.807, 2.05) is 31.2 Å². The van der Waals surface area contributed by atoms with Crippen molar-refractivity contribution < 1.29 is 22.7 Å². The maximum absolute atomic E-state index is 13.9. The van der Waals surface area contributed by atoms with Crippen LogP contribution in [0.2, 0.25) is 0 Å². The Kier molecular flexibility index (Phi) is 10.5. The standard InChI is InChI=1S/C46H57ClN6O5S/c1-31-21-37(6-8-40(31)57-27-32-11-15-51(4)16-12-32)59(55,56)50-43(54)38-7-5-35(23-41(38)58-36-22-33-10-14-48-42(33)49-25-36)53-19-17-52(18-20-53)26-34-9-13-44(2,3)24-39(34)45-28-46(47,29-45)30-45/h5-8,10,14,21-23,25,32H,9,11-13,15-20,24,26-30H2,1-4H3,(H,48,49)(H,50,54). The number of ether oxygens (including phenoxy) is 2. The van der Waals surface area contributed by atoms with Crippen LogP contribution in [0.25, 0.3) is 11.0 Å². The zero-order chi connectivity index (χ0) is 41.2. The number of sulfonamides is 1. The van der Waals surface area contributed by atoms with Crippen molar-refractivity contribution in [3.8, 4) is 17.2 Å². The van der Waals surface area contributed by atoms with Gasteiger partial charge in [0.15, 0.2) is 0 Å². The molecule has 0 unspecified atom stereocenters. The Balaban J connectivity index is 0.900. The van der Waals surface area contributed by atoms with E-state index in [2.05, 4.69) is 50.3 Å². The van der Waals surface area contributed by atoms with Crippen molar-refractivity contribution in [2.45, 2.75) is 81.9 Å². The summed E-state index contributed by atoms with van der Waals surface area (Å²) in [5.74, 6) is 1.01. The number of aromatic nitrogens is 2. The van der Waals surface area contributed by atoms with Crippen molar-refractivity contribution in [3.63, 3.8) is 0 Å². The summed E-state index contributed by atoms with van der Waals surface area (Å²) in [7, 11) is -2.10. The van der Waals surface area contributed by atoms with Gasteiger partial charge in [-0.1, -0.05) is 25.0 Å². The number of piperazine rings is 1. The van der Waals surface area contributed by atoms with Crippen LogP contribution in [-0.2, 0) is 10.0 Å². The van der Waals surface area contributed by atoms with E-state index in [0.29, 0.717) is 46.1 Å². The van der Waals surface area contributed by atoms with Crippen LogP contribution in [0.4, 0.5) is 5.69 Å². The normalized spacial score (nSPS) is 25.1. The molecule has 2 aliphatic heterocycles. The van der Waals surface area contributed by atoms with Gasteiger partial charge in [0.2, 0.25) is 0 Å². The van der Waals surface area contributed by atoms with E-state index in [1.54, 1.807) is 41.7 Å². The largest absolute Gasteiger partial charge is 0.493 e. The molecule has 3 saturated carbocycles. The molecule has 314 valence electrons. The molecule has 2 bridgehead atoms. The molecule has 13 heteroatoms. The molecule has 59 heavy (non-hydrogen) atoms. The smallest absolute Gasteiger partial charge is 0.268 e. The summed E-state index contributed by atoms with van der Waals surface area (Å²) in [6.07, 6.45) is 12.6. The molecule has 0 atom stereocenters. The summed E-state index contributed by atoms with van der Waals surface area (Å²) in [6.45, 7) is 13.8. The van der Waals surface area contributed by atoms with E-state index in [0.717, 1.165) is 89.0 Å². The van der Waals surface area contributed by atoms with Crippen LogP contribution in [0.5, 0.6) is 17.2 Å². The van der Waals surface area contributed by atoms with Crippen molar-refractivity contribution in [1.82, 2.24) is 24.5 Å². The monoisotopic (exact) mass is 840 g/mol. The quantitative estimate of drug-likeness (QED) is 0.107. The van der Waals surface area contributed by atoms with Crippen molar-refractivity contribution in [1.29, 1.82) is 0 Å². The second-order valence-electron chi connectivity index (χ2n) is 18.9. The van der Waals surface area contributed by atoms with E-state index in [1.165, 1.54) is 25.3 Å². The Labute approximate surface area is 353 Å². The third-order valence-corrected chi connectivity index (χ3v) is 15.5. The van der Waals surface area contributed by atoms with Gasteiger partial charge in [-0.3, -0.25) is 9.69 Å². The lowest BCUT2D eigenvalue weighted by Gasteiger charge is -2.70. The highest BCUT2D eigenvalue weighted by Crippen LogP contribution is 2.75. The number of alkyl halides is 1. The zero-order valence-electron chi connectivity index (χ0n) is 34.8. The number of likely N-dealkylation sites (tertiary alicyclic amines) is 1. The van der Waals surface area contributed by atoms with Gasteiger partial charge in [-0.2, -0.15) is 0 Å². The lowest BCUT2D eigenvalue weighted by molar-refractivity contribution is -0.0535. The van der Waals surface area contributed by atoms with Gasteiger partial charge < -0.3 is 24.3 Å². The Bertz CT molecular complexity index is 2380. The summed E-state index contributed by atoms with van der Waals surface area (Å²) in [4.78, 5) is 28.7. The highest BCUT2D eigenvalue weighted by molar-refractivity contribution is 7.90. The second kappa shape index (κ2) is 15.4. The molecule has 0 spiro atoms. The minimum atomic E-state index is -4.23. The van der Waals surface area contributed by atoms with Crippen LogP contribution >= 0.6 is 11.6 Å². The summed E-state index contributed by atoms with van der Waals surface area (Å²) >= 11 is 6.75. The molecule has 10 rings (SSSR count). The van der Waals surface area contributed by atoms with Gasteiger partial charge in [0.05, 0.1) is 23.3 Å². The number of nitrogens with zero attached hydrogens (tertiary/aromatic N) is 4. The van der Waals surface area contributed by atoms with Crippen molar-refractivity contribution in [2.75, 3.05) is 64.4 Å². The highest BCUT2D eigenvalue weighted by Gasteiger charge is 2.69. The maximum atomic E-state index is 13.9. The summed E-state index contributed by atoms with van der Waals surface area (Å²) < 4.78 is 42.2. The average molecular weight is 842 g/mol. The van der Waals surface area contributed by atoms with Crippen molar-refractivity contribution >= 4 is 44.3 Å². The molecular weight excluding hydrogens is 784 g/mol. The predicted octanol–water partition coefficient (Wildman–Crippen LogP) is 8.29. The third-order valence-electron chi connectivity index (χ3n) is 13.8. The number of aryl methyl sites for hydroxylation is 1. The predicted molar refractivity (Wildman–Crippen MR) is 232 cm³/mol. The number of halogens is 1. The van der Waals surface area contributed by atoms with Crippen LogP contribution < -0.4 is 19.1 Å². The topological polar surface area (TPSA) is 120 Å². The Morgan fingerprint density at radius 2 is 1.75 bits per heavy atom. The Morgan fingerprint density at radius 3 is 2.47 bits per heavy atom. The SMILES string of the molecule is Cc1cc(S(=O)(=O)NC(=O)c2ccc(N3CCN(CC4=C(C56CC(Cl)(C5)C6)CC(C)(C)CC4)CC3)cc2Oc2cnc3[nH]ccc3c2)ccc1OCC1CCN(C)CC1. The third kappa shape index (κ3) is 8.35. The number of aromatic amines is 1. The first-order chi connectivity index (χ1) is 28.1. The fourth-order valence-electron chi connectivity index (χ4n) is 10.2. The highest BCUT2D eigenvalue weighted by atomic mass is 35.5. The number of hydrogen-bond acceptors (Lipinski definition) is 9. The van der Waals surface area contributed by atoms with Gasteiger partial charge >= 0.3 is 0 Å². The molecule has 2 saturated heterocycles. The fourth-order valence-corrected chi connectivity index (χ4v) is 12.0. The minimum absolute atomic E-state index is 0.0129. The van der Waals surface area contributed by atoms with Crippen LogP contribution in [0.1, 0.15) is 81.1 Å². The van der Waals surface area contributed by atoms with E-state index in [9.17, 15) is 13.2 Å². The van der Waals surface area contributed by atoms with Gasteiger partial charge in [0, 0.05) is 60.9 Å². The van der Waals surface area contributed by atoms with E-state index < -0.39 is 15.9 Å². The van der Waals surface area contributed by atoms with E-state index >= 15 is 0 Å². The number of hydrogen-bond donors (Lipinski definition) is 2. The first-order valence-electron chi connectivity index (χ1n) is 21.3. The molecule has 6 aliphatic rings. The van der Waals surface area contributed by atoms with Crippen LogP contribution in [0.3, 0.4) is 0 Å². The maximum Gasteiger partial charge on any atom is 0.268 e. The van der Waals surface area contributed by atoms with E-state index in [4.69, 9.17) is 21.1 Å². The Morgan fingerprint density at radius 1 is 0.983 bits per heavy atom. The zero-order valence-corrected chi connectivity index (χ0v) is 36.4. The van der Waals surface area contributed by atoms with Gasteiger partial charge in [-0.05, 0) is 143 Å². The lowest BCUT2D eigenvalue weighted by Crippen LogP contribution is -2.65. The number of carbonyl (C=O) groups is 1. The summed E-state index contributed by atoms with van der Waals surface area (Å²) in [6, 6.07) is 13.8. The molecule has 5 fully saturated rings. The fraction of sp³-hybridized carbons (Fsp3) is 0.522. The number of carbonyl (C=O) groups excluding carboxylic acids is 1. The van der Waals surface area contributed by atoms with Crippen molar-refractivity contribution in [3.05, 3.63) is 83.2 Å². The molecule has 1 amide bonds. The lowest BCUT2D eigenvalue weighted by atomic mass is 9.39. The number of pyridine rings is 1. The molecule has 2 aromatic carbocycles. The molecule has 4 aliphatic carbocycles. The molecule has 11 nitrogen and oxygen atoms in total. The second-order valence-corrected chi connectivity index (χ2v) is 21.4. The number of piperidine rings is 1. The molecule has 4 aromatic rings. The number of rotatable bonds is 12. The molecular formula is C46H57ClN6O5S. The number of benzene rings is 2. The minimum Gasteiger partial charge on any atom is -0.493 e. The first-order valence-corrected chi connectivity index (χ1v) is 23.1. The van der Waals surface area contributed by atoms with Crippen LogP contribution in [0.15, 0.2) is 77.0 Å². The molecule has 0 radical (unpaired) electrons. The number of H-pyrrole nitrogens is 1. The van der Waals surface area contributed by atoms with Crippen molar-refractivity contribution in [2.24, 2.45) is 16.7 Å². The summed E-state index contributed by atoms with van der Waals surface area (Å²) in [5.41, 5.74) is 6.46. The van der Waals surface area contributed by atoms with E-state index in [-0.39, 0.29) is 21.1 Å². The number of nitrogens with one attached hydrogen (secondary N) is 2. The average Bonchev–Trinajstić information content (AvgIpc) is 3.65. The molecule has 2 N–H and O–H groups in total. The Hall–Kier alpha value is -4.10. The summed E-state index contributed by atoms with van der Waals surface area (Å²) in [5, 5.41) is 0.855. The van der Waals surface area contributed by atoms with Crippen LogP contribution in [0, 0.1) is 23.7 Å².